The summed E-state index contributed by atoms with van der Waals surface area (Å²) in [6, 6.07) is 22.7. The molecule has 5 nitrogen and oxygen atoms in total. The molecule has 0 aliphatic carbocycles. The fraction of sp³-hybridized carbons (Fsp3) is 0.214. The average molecular weight is 440 g/mol. The fourth-order valence-electron chi connectivity index (χ4n) is 4.08. The van der Waals surface area contributed by atoms with E-state index in [1.54, 1.807) is 6.21 Å². The van der Waals surface area contributed by atoms with Gasteiger partial charge in [0.25, 0.3) is 5.91 Å². The molecule has 0 bridgehead atoms. The predicted molar refractivity (Wildman–Crippen MR) is 134 cm³/mol. The molecule has 1 heterocycles. The molecule has 3 aromatic carbocycles. The summed E-state index contributed by atoms with van der Waals surface area (Å²) < 4.78 is 8.07. The summed E-state index contributed by atoms with van der Waals surface area (Å²) in [5.41, 5.74) is 10.3. The van der Waals surface area contributed by atoms with Gasteiger partial charge in [-0.3, -0.25) is 4.79 Å². The van der Waals surface area contributed by atoms with Gasteiger partial charge in [0.05, 0.1) is 6.21 Å². The van der Waals surface area contributed by atoms with E-state index >= 15 is 0 Å². The van der Waals surface area contributed by atoms with E-state index in [4.69, 9.17) is 4.74 Å². The van der Waals surface area contributed by atoms with Gasteiger partial charge in [0.2, 0.25) is 0 Å². The van der Waals surface area contributed by atoms with Crippen LogP contribution in [0.2, 0.25) is 0 Å². The molecule has 4 aromatic rings. The Kier molecular flexibility index (Phi) is 6.59. The second kappa shape index (κ2) is 9.74. The standard InChI is InChI=1S/C28H29N3O2/c1-19-14-15-20(2)28(21(19)3)33-18-27(32)30-29-16-25-22(4)31(17-23-10-6-5-7-11-23)26-13-9-8-12-24(25)26/h5-16H,17-18H2,1-4H3,(H,30,32)/b29-16-. The molecule has 0 radical (unpaired) electrons. The third kappa shape index (κ3) is 4.82. The van der Waals surface area contributed by atoms with Crippen molar-refractivity contribution >= 4 is 23.0 Å². The third-order valence-electron chi connectivity index (χ3n) is 6.07. The Morgan fingerprint density at radius 3 is 2.42 bits per heavy atom. The van der Waals surface area contributed by atoms with Crippen molar-refractivity contribution in [3.8, 4) is 5.75 Å². The molecular weight excluding hydrogens is 410 g/mol. The lowest BCUT2D eigenvalue weighted by molar-refractivity contribution is -0.123. The summed E-state index contributed by atoms with van der Waals surface area (Å²) >= 11 is 0. The summed E-state index contributed by atoms with van der Waals surface area (Å²) in [6.07, 6.45) is 1.72. The molecule has 0 unspecified atom stereocenters. The largest absolute Gasteiger partial charge is 0.483 e. The molecule has 5 heteroatoms. The first-order chi connectivity index (χ1) is 16.0. The van der Waals surface area contributed by atoms with Crippen LogP contribution in [0.25, 0.3) is 10.9 Å². The van der Waals surface area contributed by atoms with Crippen molar-refractivity contribution in [3.63, 3.8) is 0 Å². The van der Waals surface area contributed by atoms with Crippen LogP contribution in [0, 0.1) is 27.7 Å². The molecule has 1 aromatic heterocycles. The zero-order valence-corrected chi connectivity index (χ0v) is 19.6. The van der Waals surface area contributed by atoms with Gasteiger partial charge >= 0.3 is 0 Å². The van der Waals surface area contributed by atoms with Crippen LogP contribution in [-0.4, -0.2) is 23.3 Å². The zero-order chi connectivity index (χ0) is 23.4. The smallest absolute Gasteiger partial charge is 0.277 e. The van der Waals surface area contributed by atoms with E-state index in [9.17, 15) is 4.79 Å². The number of hydrogen-bond acceptors (Lipinski definition) is 3. The number of aromatic nitrogens is 1. The third-order valence-corrected chi connectivity index (χ3v) is 6.07. The van der Waals surface area contributed by atoms with E-state index in [1.165, 1.54) is 5.56 Å². The molecular formula is C28H29N3O2. The van der Waals surface area contributed by atoms with E-state index in [0.29, 0.717) is 0 Å². The van der Waals surface area contributed by atoms with Gasteiger partial charge in [0.15, 0.2) is 6.61 Å². The lowest BCUT2D eigenvalue weighted by Gasteiger charge is -2.13. The monoisotopic (exact) mass is 439 g/mol. The number of ether oxygens (including phenoxy) is 1. The first kappa shape index (κ1) is 22.3. The summed E-state index contributed by atoms with van der Waals surface area (Å²) in [5, 5.41) is 5.33. The summed E-state index contributed by atoms with van der Waals surface area (Å²) in [5.74, 6) is 0.464. The van der Waals surface area contributed by atoms with Crippen LogP contribution in [0.5, 0.6) is 5.75 Å². The first-order valence-electron chi connectivity index (χ1n) is 11.1. The number of rotatable bonds is 7. The maximum atomic E-state index is 12.4. The topological polar surface area (TPSA) is 55.6 Å². The van der Waals surface area contributed by atoms with Gasteiger partial charge in [-0.15, -0.1) is 0 Å². The normalized spacial score (nSPS) is 11.3. The number of para-hydroxylation sites is 1. The van der Waals surface area contributed by atoms with Gasteiger partial charge in [0, 0.05) is 28.7 Å². The van der Waals surface area contributed by atoms with Gasteiger partial charge in [-0.2, -0.15) is 5.10 Å². The van der Waals surface area contributed by atoms with Crippen molar-refractivity contribution in [2.24, 2.45) is 5.10 Å². The van der Waals surface area contributed by atoms with Crippen molar-refractivity contribution in [3.05, 3.63) is 100 Å². The molecule has 4 rings (SSSR count). The molecule has 0 saturated heterocycles. The van der Waals surface area contributed by atoms with Gasteiger partial charge in [-0.25, -0.2) is 5.43 Å². The van der Waals surface area contributed by atoms with Crippen LogP contribution < -0.4 is 10.2 Å². The minimum absolute atomic E-state index is 0.0861. The lowest BCUT2D eigenvalue weighted by atomic mass is 10.1. The van der Waals surface area contributed by atoms with Crippen molar-refractivity contribution < 1.29 is 9.53 Å². The zero-order valence-electron chi connectivity index (χ0n) is 19.6. The fourth-order valence-corrected chi connectivity index (χ4v) is 4.08. The van der Waals surface area contributed by atoms with Crippen LogP contribution in [0.1, 0.15) is 33.5 Å². The van der Waals surface area contributed by atoms with Crippen LogP contribution in [0.15, 0.2) is 71.8 Å². The molecule has 1 N–H and O–H groups in total. The summed E-state index contributed by atoms with van der Waals surface area (Å²) in [7, 11) is 0. The van der Waals surface area contributed by atoms with Crippen molar-refractivity contribution in [1.29, 1.82) is 0 Å². The Balaban J connectivity index is 1.49. The molecule has 168 valence electrons. The highest BCUT2D eigenvalue weighted by Gasteiger charge is 2.13. The highest BCUT2D eigenvalue weighted by molar-refractivity contribution is 6.01. The van der Waals surface area contributed by atoms with Crippen LogP contribution in [0.3, 0.4) is 0 Å². The second-order valence-corrected chi connectivity index (χ2v) is 8.32. The predicted octanol–water partition coefficient (Wildman–Crippen LogP) is 5.45. The van der Waals surface area contributed by atoms with Crippen molar-refractivity contribution in [2.75, 3.05) is 6.61 Å². The molecule has 33 heavy (non-hydrogen) atoms. The minimum Gasteiger partial charge on any atom is -0.483 e. The number of amides is 1. The number of aryl methyl sites for hydroxylation is 2. The maximum absolute atomic E-state index is 12.4. The number of benzene rings is 3. The Morgan fingerprint density at radius 1 is 0.939 bits per heavy atom. The Bertz CT molecular complexity index is 1320. The molecule has 1 amide bonds. The van der Waals surface area contributed by atoms with Gasteiger partial charge < -0.3 is 9.30 Å². The summed E-state index contributed by atoms with van der Waals surface area (Å²) in [6.45, 7) is 8.78. The lowest BCUT2D eigenvalue weighted by Crippen LogP contribution is -2.25. The SMILES string of the molecule is Cc1ccc(C)c(OCC(=O)N/N=C\c2c(C)n(Cc3ccccc3)c3ccccc23)c1C. The highest BCUT2D eigenvalue weighted by Crippen LogP contribution is 2.26. The first-order valence-corrected chi connectivity index (χ1v) is 11.1. The molecule has 0 aliphatic rings. The Labute approximate surface area is 194 Å². The molecule has 0 atom stereocenters. The number of fused-ring (bicyclic) bond motifs is 1. The van der Waals surface area contributed by atoms with E-state index in [0.717, 1.165) is 51.1 Å². The number of nitrogens with one attached hydrogen (secondary N) is 1. The van der Waals surface area contributed by atoms with Crippen molar-refractivity contribution in [2.45, 2.75) is 34.2 Å². The highest BCUT2D eigenvalue weighted by atomic mass is 16.5. The number of hydrogen-bond donors (Lipinski definition) is 1. The Morgan fingerprint density at radius 2 is 1.64 bits per heavy atom. The maximum Gasteiger partial charge on any atom is 0.277 e. The van der Waals surface area contributed by atoms with E-state index < -0.39 is 0 Å². The molecule has 0 saturated carbocycles. The van der Waals surface area contributed by atoms with E-state index in [2.05, 4.69) is 64.5 Å². The van der Waals surface area contributed by atoms with Gasteiger partial charge in [-0.1, -0.05) is 60.7 Å². The second-order valence-electron chi connectivity index (χ2n) is 8.32. The number of hydrazone groups is 1. The summed E-state index contributed by atoms with van der Waals surface area (Å²) in [4.78, 5) is 12.4. The number of carbonyl (C=O) groups excluding carboxylic acids is 1. The van der Waals surface area contributed by atoms with Gasteiger partial charge in [-0.05, 0) is 56.0 Å². The molecule has 0 aliphatic heterocycles. The molecule has 0 spiro atoms. The minimum atomic E-state index is -0.294. The van der Waals surface area contributed by atoms with Crippen LogP contribution in [0.4, 0.5) is 0 Å². The van der Waals surface area contributed by atoms with E-state index in [-0.39, 0.29) is 12.5 Å². The van der Waals surface area contributed by atoms with Crippen molar-refractivity contribution in [1.82, 2.24) is 9.99 Å². The number of carbonyl (C=O) groups is 1. The van der Waals surface area contributed by atoms with Crippen LogP contribution in [-0.2, 0) is 11.3 Å². The average Bonchev–Trinajstić information content (AvgIpc) is 3.08. The quantitative estimate of drug-likeness (QED) is 0.307. The Hall–Kier alpha value is -3.86. The van der Waals surface area contributed by atoms with E-state index in [1.807, 2.05) is 45.0 Å². The number of nitrogens with zero attached hydrogens (tertiary/aromatic N) is 2. The molecule has 0 fully saturated rings. The van der Waals surface area contributed by atoms with Crippen LogP contribution >= 0.6 is 0 Å². The van der Waals surface area contributed by atoms with Gasteiger partial charge in [0.1, 0.15) is 5.75 Å².